The van der Waals surface area contributed by atoms with Gasteiger partial charge in [-0.05, 0) is 31.0 Å². The van der Waals surface area contributed by atoms with Crippen LogP contribution in [-0.4, -0.2) is 38.8 Å². The van der Waals surface area contributed by atoms with Crippen molar-refractivity contribution >= 4 is 52.5 Å². The summed E-state index contributed by atoms with van der Waals surface area (Å²) >= 11 is 7.29. The lowest BCUT2D eigenvalue weighted by Gasteiger charge is -2.23. The summed E-state index contributed by atoms with van der Waals surface area (Å²) in [5, 5.41) is 12.7. The van der Waals surface area contributed by atoms with Gasteiger partial charge in [0.2, 0.25) is 17.7 Å². The van der Waals surface area contributed by atoms with Gasteiger partial charge in [-0.3, -0.25) is 19.1 Å². The number of halogens is 1. The number of rotatable bonds is 6. The Morgan fingerprint density at radius 1 is 1.27 bits per heavy atom. The number of aromatic nitrogens is 2. The summed E-state index contributed by atoms with van der Waals surface area (Å²) in [5.41, 5.74) is 1.15. The molecule has 0 spiro atoms. The fourth-order valence-electron chi connectivity index (χ4n) is 3.64. The van der Waals surface area contributed by atoms with Crippen LogP contribution in [-0.2, 0) is 20.9 Å². The third-order valence-corrected chi connectivity index (χ3v) is 6.59. The third kappa shape index (κ3) is 5.14. The number of benzene rings is 1. The zero-order valence-electron chi connectivity index (χ0n) is 16.2. The SMILES string of the molecule is O=C(CC1Sc2ccc(Cl)cc2NC1=O)Nc1cnn(CC(=O)NC2CCCC2)c1. The largest absolute Gasteiger partial charge is 0.352 e. The van der Waals surface area contributed by atoms with Gasteiger partial charge < -0.3 is 16.0 Å². The second kappa shape index (κ2) is 9.09. The Bertz CT molecular complexity index is 973. The van der Waals surface area contributed by atoms with Crippen molar-refractivity contribution in [1.82, 2.24) is 15.1 Å². The van der Waals surface area contributed by atoms with Crippen LogP contribution >= 0.6 is 23.4 Å². The Morgan fingerprint density at radius 2 is 2.07 bits per heavy atom. The minimum Gasteiger partial charge on any atom is -0.352 e. The van der Waals surface area contributed by atoms with Crippen molar-refractivity contribution in [3.8, 4) is 0 Å². The molecule has 1 aliphatic carbocycles. The molecule has 2 aliphatic rings. The van der Waals surface area contributed by atoms with Gasteiger partial charge in [-0.15, -0.1) is 11.8 Å². The third-order valence-electron chi connectivity index (χ3n) is 5.07. The van der Waals surface area contributed by atoms with Gasteiger partial charge in [0, 0.05) is 28.6 Å². The molecule has 1 saturated carbocycles. The molecule has 1 unspecified atom stereocenters. The molecule has 10 heteroatoms. The first kappa shape index (κ1) is 20.7. The Labute approximate surface area is 183 Å². The first-order valence-electron chi connectivity index (χ1n) is 9.85. The Kier molecular flexibility index (Phi) is 6.29. The monoisotopic (exact) mass is 447 g/mol. The number of carbonyl (C=O) groups is 3. The lowest BCUT2D eigenvalue weighted by atomic mass is 10.2. The highest BCUT2D eigenvalue weighted by atomic mass is 35.5. The minimum atomic E-state index is -0.536. The van der Waals surface area contributed by atoms with E-state index in [4.69, 9.17) is 11.6 Å². The van der Waals surface area contributed by atoms with Crippen molar-refractivity contribution < 1.29 is 14.4 Å². The quantitative estimate of drug-likeness (QED) is 0.631. The maximum absolute atomic E-state index is 12.4. The second-order valence-electron chi connectivity index (χ2n) is 7.46. The molecular formula is C20H22ClN5O3S. The summed E-state index contributed by atoms with van der Waals surface area (Å²) in [6.45, 7) is 0.104. The molecular weight excluding hydrogens is 426 g/mol. The molecule has 8 nitrogen and oxygen atoms in total. The summed E-state index contributed by atoms with van der Waals surface area (Å²) < 4.78 is 1.49. The van der Waals surface area contributed by atoms with Crippen molar-refractivity contribution in [2.24, 2.45) is 0 Å². The number of carbonyl (C=O) groups excluding carboxylic acids is 3. The van der Waals surface area contributed by atoms with E-state index in [1.165, 1.54) is 22.6 Å². The van der Waals surface area contributed by atoms with Gasteiger partial charge in [-0.1, -0.05) is 24.4 Å². The van der Waals surface area contributed by atoms with E-state index in [0.29, 0.717) is 16.4 Å². The number of anilines is 2. The number of thioether (sulfide) groups is 1. The van der Waals surface area contributed by atoms with E-state index < -0.39 is 5.25 Å². The predicted octanol–water partition coefficient (Wildman–Crippen LogP) is 3.04. The van der Waals surface area contributed by atoms with Gasteiger partial charge in [0.15, 0.2) is 0 Å². The summed E-state index contributed by atoms with van der Waals surface area (Å²) in [6.07, 6.45) is 7.47. The molecule has 3 N–H and O–H groups in total. The molecule has 2 heterocycles. The highest BCUT2D eigenvalue weighted by molar-refractivity contribution is 8.01. The minimum absolute atomic E-state index is 0.0198. The molecule has 1 aliphatic heterocycles. The fraction of sp³-hybridized carbons (Fsp3) is 0.400. The Balaban J connectivity index is 1.28. The number of nitrogens with zero attached hydrogens (tertiary/aromatic N) is 2. The Hall–Kier alpha value is -2.52. The predicted molar refractivity (Wildman–Crippen MR) is 116 cm³/mol. The summed E-state index contributed by atoms with van der Waals surface area (Å²) in [4.78, 5) is 37.7. The van der Waals surface area contributed by atoms with Gasteiger partial charge in [0.1, 0.15) is 6.54 Å². The van der Waals surface area contributed by atoms with E-state index in [-0.39, 0.29) is 36.7 Å². The smallest absolute Gasteiger partial charge is 0.241 e. The lowest BCUT2D eigenvalue weighted by Crippen LogP contribution is -2.35. The van der Waals surface area contributed by atoms with E-state index in [9.17, 15) is 14.4 Å². The molecule has 0 saturated heterocycles. The topological polar surface area (TPSA) is 105 Å². The van der Waals surface area contributed by atoms with Crippen LogP contribution in [0, 0.1) is 0 Å². The molecule has 3 amide bonds. The van der Waals surface area contributed by atoms with Crippen LogP contribution in [0.15, 0.2) is 35.5 Å². The molecule has 4 rings (SSSR count). The van der Waals surface area contributed by atoms with Crippen LogP contribution < -0.4 is 16.0 Å². The highest BCUT2D eigenvalue weighted by Gasteiger charge is 2.29. The number of hydrogen-bond donors (Lipinski definition) is 3. The average Bonchev–Trinajstić information content (AvgIpc) is 3.34. The molecule has 0 bridgehead atoms. The highest BCUT2D eigenvalue weighted by Crippen LogP contribution is 2.38. The first-order valence-corrected chi connectivity index (χ1v) is 11.1. The maximum atomic E-state index is 12.4. The second-order valence-corrected chi connectivity index (χ2v) is 9.15. The van der Waals surface area contributed by atoms with Crippen molar-refractivity contribution in [2.75, 3.05) is 10.6 Å². The fourth-order valence-corrected chi connectivity index (χ4v) is 4.91. The van der Waals surface area contributed by atoms with E-state index in [1.807, 2.05) is 6.07 Å². The van der Waals surface area contributed by atoms with Crippen LogP contribution in [0.25, 0.3) is 0 Å². The van der Waals surface area contributed by atoms with E-state index >= 15 is 0 Å². The summed E-state index contributed by atoms with van der Waals surface area (Å²) in [6, 6.07) is 5.52. The van der Waals surface area contributed by atoms with E-state index in [1.54, 1.807) is 18.3 Å². The van der Waals surface area contributed by atoms with Crippen LogP contribution in [0.3, 0.4) is 0 Å². The molecule has 1 aromatic carbocycles. The number of hydrogen-bond acceptors (Lipinski definition) is 5. The van der Waals surface area contributed by atoms with Crippen LogP contribution in [0.5, 0.6) is 0 Å². The average molecular weight is 448 g/mol. The molecule has 1 fully saturated rings. The van der Waals surface area contributed by atoms with Gasteiger partial charge in [0.05, 0.1) is 22.8 Å². The molecule has 1 atom stereocenters. The summed E-state index contributed by atoms with van der Waals surface area (Å²) in [5.74, 6) is -0.615. The van der Waals surface area contributed by atoms with Gasteiger partial charge >= 0.3 is 0 Å². The number of fused-ring (bicyclic) bond motifs is 1. The van der Waals surface area contributed by atoms with Gasteiger partial charge in [-0.25, -0.2) is 0 Å². The number of nitrogens with one attached hydrogen (secondary N) is 3. The molecule has 0 radical (unpaired) electrons. The van der Waals surface area contributed by atoms with Crippen molar-refractivity contribution in [2.45, 2.75) is 54.8 Å². The maximum Gasteiger partial charge on any atom is 0.241 e. The lowest BCUT2D eigenvalue weighted by molar-refractivity contribution is -0.122. The zero-order chi connectivity index (χ0) is 21.1. The van der Waals surface area contributed by atoms with Gasteiger partial charge in [0.25, 0.3) is 0 Å². The van der Waals surface area contributed by atoms with E-state index in [0.717, 1.165) is 30.6 Å². The molecule has 158 valence electrons. The molecule has 2 aromatic rings. The molecule has 30 heavy (non-hydrogen) atoms. The molecule has 1 aromatic heterocycles. The number of amides is 3. The van der Waals surface area contributed by atoms with Crippen LogP contribution in [0.2, 0.25) is 5.02 Å². The first-order chi connectivity index (χ1) is 14.5. The Morgan fingerprint density at radius 3 is 2.87 bits per heavy atom. The van der Waals surface area contributed by atoms with Crippen LogP contribution in [0.4, 0.5) is 11.4 Å². The van der Waals surface area contributed by atoms with Crippen molar-refractivity contribution in [3.63, 3.8) is 0 Å². The van der Waals surface area contributed by atoms with Crippen LogP contribution in [0.1, 0.15) is 32.1 Å². The standard InChI is InChI=1S/C20H22ClN5O3S/c21-12-5-6-16-15(7-12)25-20(29)17(30-16)8-18(27)24-14-9-22-26(10-14)11-19(28)23-13-3-1-2-4-13/h5-7,9-10,13,17H,1-4,8,11H2,(H,23,28)(H,24,27)(H,25,29). The van der Waals surface area contributed by atoms with Gasteiger partial charge in [-0.2, -0.15) is 5.10 Å². The van der Waals surface area contributed by atoms with Crippen molar-refractivity contribution in [3.05, 3.63) is 35.6 Å². The van der Waals surface area contributed by atoms with E-state index in [2.05, 4.69) is 21.0 Å². The zero-order valence-corrected chi connectivity index (χ0v) is 17.8. The van der Waals surface area contributed by atoms with Crippen molar-refractivity contribution in [1.29, 1.82) is 0 Å². The summed E-state index contributed by atoms with van der Waals surface area (Å²) in [7, 11) is 0. The normalized spacial score (nSPS) is 18.6.